The van der Waals surface area contributed by atoms with Crippen molar-refractivity contribution in [3.63, 3.8) is 0 Å². The van der Waals surface area contributed by atoms with Gasteiger partial charge >= 0.3 is 0 Å². The summed E-state index contributed by atoms with van der Waals surface area (Å²) < 4.78 is 0. The number of fused-ring (bicyclic) bond motifs is 1. The largest absolute Gasteiger partial charge is 0.346 e. The van der Waals surface area contributed by atoms with Crippen LogP contribution in [0.5, 0.6) is 0 Å². The Balaban J connectivity index is 2.76. The second-order valence-electron chi connectivity index (χ2n) is 2.39. The summed E-state index contributed by atoms with van der Waals surface area (Å²) in [4.78, 5) is 7.21. The van der Waals surface area contributed by atoms with Crippen molar-refractivity contribution in [1.29, 1.82) is 0 Å². The molecule has 0 aliphatic carbocycles. The van der Waals surface area contributed by atoms with Crippen LogP contribution in [0.4, 0.5) is 0 Å². The molecule has 2 aromatic heterocycles. The lowest BCUT2D eigenvalue weighted by Gasteiger charge is -1.90. The first-order chi connectivity index (χ1) is 5.40. The molecule has 54 valence electrons. The number of nitrogens with one attached hydrogen (secondary N) is 1. The number of nitrogens with zero attached hydrogens (tertiary/aromatic N) is 1. The van der Waals surface area contributed by atoms with Gasteiger partial charge in [0.05, 0.1) is 0 Å². The summed E-state index contributed by atoms with van der Waals surface area (Å²) in [5.41, 5.74) is 1.98. The number of hydrogen-bond acceptors (Lipinski definition) is 1. The fourth-order valence-electron chi connectivity index (χ4n) is 1.07. The lowest BCUT2D eigenvalue weighted by molar-refractivity contribution is 1.32. The molecular weight excluding hydrogens is 136 g/mol. The van der Waals surface area contributed by atoms with E-state index < -0.39 is 0 Å². The van der Waals surface area contributed by atoms with E-state index in [2.05, 4.69) is 16.5 Å². The third-order valence-corrected chi connectivity index (χ3v) is 1.66. The number of aromatic amines is 1. The number of aromatic nitrogens is 2. The molecule has 0 bridgehead atoms. The van der Waals surface area contributed by atoms with Gasteiger partial charge in [-0.1, -0.05) is 12.7 Å². The van der Waals surface area contributed by atoms with Gasteiger partial charge in [0.1, 0.15) is 5.65 Å². The van der Waals surface area contributed by atoms with Crippen molar-refractivity contribution in [3.05, 3.63) is 36.7 Å². The minimum absolute atomic E-state index is 0.926. The lowest BCUT2D eigenvalue weighted by Crippen LogP contribution is -1.77. The molecule has 0 aromatic carbocycles. The van der Waals surface area contributed by atoms with E-state index in [1.807, 2.05) is 18.3 Å². The summed E-state index contributed by atoms with van der Waals surface area (Å²) in [6.07, 6.45) is 5.47. The van der Waals surface area contributed by atoms with Crippen LogP contribution in [0.1, 0.15) is 5.56 Å². The van der Waals surface area contributed by atoms with E-state index in [9.17, 15) is 0 Å². The standard InChI is InChI=1S/C9H8N2/c1-2-7-5-8-3-4-10-9(8)11-6-7/h2-6H,1H2,(H,10,11). The summed E-state index contributed by atoms with van der Waals surface area (Å²) >= 11 is 0. The minimum Gasteiger partial charge on any atom is -0.346 e. The molecule has 2 heteroatoms. The predicted octanol–water partition coefficient (Wildman–Crippen LogP) is 2.21. The van der Waals surface area contributed by atoms with Crippen LogP contribution in [-0.4, -0.2) is 9.97 Å². The zero-order valence-corrected chi connectivity index (χ0v) is 6.04. The van der Waals surface area contributed by atoms with Crippen LogP contribution in [0.15, 0.2) is 31.1 Å². The van der Waals surface area contributed by atoms with Crippen molar-refractivity contribution >= 4 is 17.1 Å². The Morgan fingerprint density at radius 3 is 3.27 bits per heavy atom. The molecule has 0 spiro atoms. The fraction of sp³-hybridized carbons (Fsp3) is 0. The zero-order chi connectivity index (χ0) is 7.68. The van der Waals surface area contributed by atoms with E-state index in [1.54, 1.807) is 12.3 Å². The molecule has 0 aliphatic heterocycles. The minimum atomic E-state index is 0.926. The van der Waals surface area contributed by atoms with Gasteiger partial charge in [-0.3, -0.25) is 0 Å². The molecule has 2 rings (SSSR count). The highest BCUT2D eigenvalue weighted by atomic mass is 14.8. The molecule has 0 atom stereocenters. The highest BCUT2D eigenvalue weighted by molar-refractivity contribution is 5.77. The van der Waals surface area contributed by atoms with E-state index in [4.69, 9.17) is 0 Å². The van der Waals surface area contributed by atoms with Crippen molar-refractivity contribution in [2.75, 3.05) is 0 Å². The van der Waals surface area contributed by atoms with Gasteiger partial charge in [0.15, 0.2) is 0 Å². The predicted molar refractivity (Wildman–Crippen MR) is 46.2 cm³/mol. The summed E-state index contributed by atoms with van der Waals surface area (Å²) in [5, 5.41) is 1.13. The molecule has 0 radical (unpaired) electrons. The van der Waals surface area contributed by atoms with E-state index in [0.717, 1.165) is 16.6 Å². The Kier molecular flexibility index (Phi) is 1.25. The average molecular weight is 144 g/mol. The van der Waals surface area contributed by atoms with Gasteiger partial charge in [0.2, 0.25) is 0 Å². The lowest BCUT2D eigenvalue weighted by atomic mass is 10.2. The van der Waals surface area contributed by atoms with Crippen LogP contribution in [0.3, 0.4) is 0 Å². The molecule has 2 nitrogen and oxygen atoms in total. The van der Waals surface area contributed by atoms with Crippen molar-refractivity contribution in [2.24, 2.45) is 0 Å². The van der Waals surface area contributed by atoms with Crippen molar-refractivity contribution in [3.8, 4) is 0 Å². The van der Waals surface area contributed by atoms with Crippen LogP contribution < -0.4 is 0 Å². The molecule has 11 heavy (non-hydrogen) atoms. The second kappa shape index (κ2) is 2.23. The first kappa shape index (κ1) is 6.16. The van der Waals surface area contributed by atoms with E-state index in [1.165, 1.54) is 0 Å². The molecule has 2 aromatic rings. The summed E-state index contributed by atoms with van der Waals surface area (Å²) in [7, 11) is 0. The molecule has 1 N–H and O–H groups in total. The SMILES string of the molecule is C=Cc1cnc2[nH]ccc2c1. The van der Waals surface area contributed by atoms with Gasteiger partial charge in [0.25, 0.3) is 0 Å². The Morgan fingerprint density at radius 2 is 2.45 bits per heavy atom. The van der Waals surface area contributed by atoms with Crippen LogP contribution in [0.2, 0.25) is 0 Å². The Hall–Kier alpha value is -1.57. The number of hydrogen-bond donors (Lipinski definition) is 1. The Labute approximate surface area is 64.6 Å². The van der Waals surface area contributed by atoms with Gasteiger partial charge in [-0.2, -0.15) is 0 Å². The highest BCUT2D eigenvalue weighted by Crippen LogP contribution is 2.11. The van der Waals surface area contributed by atoms with Crippen molar-refractivity contribution in [1.82, 2.24) is 9.97 Å². The smallest absolute Gasteiger partial charge is 0.137 e. The van der Waals surface area contributed by atoms with Crippen LogP contribution in [0.25, 0.3) is 17.1 Å². The maximum absolute atomic E-state index is 4.19. The number of pyridine rings is 1. The molecule has 0 amide bonds. The van der Waals surface area contributed by atoms with E-state index in [0.29, 0.717) is 0 Å². The van der Waals surface area contributed by atoms with Gasteiger partial charge in [-0.25, -0.2) is 4.98 Å². The highest BCUT2D eigenvalue weighted by Gasteiger charge is 1.93. The molecular formula is C9H8N2. The van der Waals surface area contributed by atoms with Crippen LogP contribution in [-0.2, 0) is 0 Å². The van der Waals surface area contributed by atoms with Crippen LogP contribution >= 0.6 is 0 Å². The zero-order valence-electron chi connectivity index (χ0n) is 6.04. The third-order valence-electron chi connectivity index (χ3n) is 1.66. The Bertz CT molecular complexity index is 387. The normalized spacial score (nSPS) is 10.2. The summed E-state index contributed by atoms with van der Waals surface area (Å²) in [6, 6.07) is 4.04. The van der Waals surface area contributed by atoms with Gasteiger partial charge in [0, 0.05) is 17.8 Å². The molecule has 0 saturated carbocycles. The van der Waals surface area contributed by atoms with Gasteiger partial charge in [-0.05, 0) is 17.7 Å². The van der Waals surface area contributed by atoms with Crippen molar-refractivity contribution in [2.45, 2.75) is 0 Å². The number of H-pyrrole nitrogens is 1. The average Bonchev–Trinajstić information content (AvgIpc) is 2.50. The fourth-order valence-corrected chi connectivity index (χ4v) is 1.07. The topological polar surface area (TPSA) is 28.7 Å². The second-order valence-corrected chi connectivity index (χ2v) is 2.39. The molecule has 0 fully saturated rings. The van der Waals surface area contributed by atoms with E-state index in [-0.39, 0.29) is 0 Å². The monoisotopic (exact) mass is 144 g/mol. The Morgan fingerprint density at radius 1 is 1.55 bits per heavy atom. The number of rotatable bonds is 1. The quantitative estimate of drug-likeness (QED) is 0.653. The van der Waals surface area contributed by atoms with E-state index >= 15 is 0 Å². The van der Waals surface area contributed by atoms with Gasteiger partial charge in [-0.15, -0.1) is 0 Å². The van der Waals surface area contributed by atoms with Crippen LogP contribution in [0, 0.1) is 0 Å². The molecule has 0 unspecified atom stereocenters. The molecule has 2 heterocycles. The maximum Gasteiger partial charge on any atom is 0.137 e. The van der Waals surface area contributed by atoms with Crippen molar-refractivity contribution < 1.29 is 0 Å². The summed E-state index contributed by atoms with van der Waals surface area (Å²) in [6.45, 7) is 3.67. The third kappa shape index (κ3) is 0.923. The maximum atomic E-state index is 4.19. The first-order valence-corrected chi connectivity index (χ1v) is 3.46. The first-order valence-electron chi connectivity index (χ1n) is 3.46. The molecule has 0 aliphatic rings. The van der Waals surface area contributed by atoms with Gasteiger partial charge < -0.3 is 4.98 Å². The summed E-state index contributed by atoms with van der Waals surface area (Å²) in [5.74, 6) is 0. The molecule has 0 saturated heterocycles.